The summed E-state index contributed by atoms with van der Waals surface area (Å²) in [7, 11) is 0. The number of amides is 3. The highest BCUT2D eigenvalue weighted by Crippen LogP contribution is 2.44. The second kappa shape index (κ2) is 18.1. The summed E-state index contributed by atoms with van der Waals surface area (Å²) in [6, 6.07) is 18.7. The molecule has 3 amide bonds. The monoisotopic (exact) mass is 881 g/mol. The first-order valence-corrected chi connectivity index (χ1v) is 21.8. The van der Waals surface area contributed by atoms with Crippen molar-refractivity contribution in [2.75, 3.05) is 32.8 Å². The van der Waals surface area contributed by atoms with Crippen LogP contribution in [0.25, 0.3) is 5.57 Å². The number of piperazine rings is 1. The van der Waals surface area contributed by atoms with Crippen molar-refractivity contribution in [3.8, 4) is 11.5 Å². The lowest BCUT2D eigenvalue weighted by Crippen LogP contribution is -2.66. The molecule has 0 radical (unpaired) electrons. The quantitative estimate of drug-likeness (QED) is 0.167. The standard InChI is InChI=1S/C47H58Cl3N3O7/c1-29-11-10-12-37(24-29)57-22-20-52(35-17-18-35)42(54)41-38(34-15-13-33(14-16-34)19-21-58-40-25-30(2)23-31(3)32(40)4)26-36-27-51(43(55)59-45(5,6)7)28-39(41)53(36)44(56)60-46(8,9)47(48,49)50/h10-16,23-25,35-36,39H,17-22,26-28H2,1-9H3. The van der Waals surface area contributed by atoms with Crippen LogP contribution in [-0.4, -0.2) is 98.8 Å². The zero-order chi connectivity index (χ0) is 43.7. The molecule has 3 aromatic carbocycles. The lowest BCUT2D eigenvalue weighted by Gasteiger charge is -2.51. The Kier molecular flexibility index (Phi) is 13.7. The number of nitrogens with zero attached hydrogens (tertiary/aromatic N) is 3. The van der Waals surface area contributed by atoms with E-state index >= 15 is 4.79 Å². The molecule has 1 saturated carbocycles. The highest BCUT2D eigenvalue weighted by atomic mass is 35.6. The van der Waals surface area contributed by atoms with Crippen LogP contribution in [0.3, 0.4) is 0 Å². The number of halogens is 3. The van der Waals surface area contributed by atoms with Crippen molar-refractivity contribution in [3.05, 3.63) is 99.6 Å². The molecule has 0 spiro atoms. The summed E-state index contributed by atoms with van der Waals surface area (Å²) in [6.07, 6.45) is 1.35. The predicted octanol–water partition coefficient (Wildman–Crippen LogP) is 10.3. The largest absolute Gasteiger partial charge is 0.493 e. The average Bonchev–Trinajstić information content (AvgIpc) is 3.99. The van der Waals surface area contributed by atoms with Gasteiger partial charge in [-0.05, 0) is 139 Å². The van der Waals surface area contributed by atoms with Gasteiger partial charge in [-0.3, -0.25) is 9.69 Å². The lowest BCUT2D eigenvalue weighted by atomic mass is 9.81. The smallest absolute Gasteiger partial charge is 0.411 e. The molecular formula is C47H58Cl3N3O7. The van der Waals surface area contributed by atoms with E-state index in [0.717, 1.165) is 57.7 Å². The number of aryl methyl sites for hydroxylation is 3. The number of hydrogen-bond acceptors (Lipinski definition) is 7. The molecule has 2 atom stereocenters. The van der Waals surface area contributed by atoms with Gasteiger partial charge in [0.2, 0.25) is 3.79 Å². The fourth-order valence-corrected chi connectivity index (χ4v) is 7.91. The Bertz CT molecular complexity index is 2100. The van der Waals surface area contributed by atoms with Gasteiger partial charge in [0.15, 0.2) is 5.60 Å². The van der Waals surface area contributed by atoms with E-state index < -0.39 is 39.3 Å². The van der Waals surface area contributed by atoms with Crippen LogP contribution in [0.2, 0.25) is 0 Å². The van der Waals surface area contributed by atoms with Crippen LogP contribution < -0.4 is 9.47 Å². The zero-order valence-corrected chi connectivity index (χ0v) is 38.5. The molecule has 3 aromatic rings. The molecule has 324 valence electrons. The van der Waals surface area contributed by atoms with E-state index in [9.17, 15) is 9.59 Å². The van der Waals surface area contributed by atoms with Crippen molar-refractivity contribution in [2.24, 2.45) is 0 Å². The van der Waals surface area contributed by atoms with Gasteiger partial charge < -0.3 is 28.7 Å². The van der Waals surface area contributed by atoms with E-state index in [2.05, 4.69) is 45.0 Å². The maximum Gasteiger partial charge on any atom is 0.411 e. The van der Waals surface area contributed by atoms with Gasteiger partial charge in [0.25, 0.3) is 5.91 Å². The Morgan fingerprint density at radius 1 is 0.800 bits per heavy atom. The van der Waals surface area contributed by atoms with Gasteiger partial charge in [-0.15, -0.1) is 0 Å². The van der Waals surface area contributed by atoms with Crippen molar-refractivity contribution in [3.63, 3.8) is 0 Å². The molecule has 2 heterocycles. The summed E-state index contributed by atoms with van der Waals surface area (Å²) in [4.78, 5) is 48.4. The van der Waals surface area contributed by atoms with Gasteiger partial charge in [-0.1, -0.05) is 77.3 Å². The first kappa shape index (κ1) is 45.4. The molecule has 6 rings (SSSR count). The summed E-state index contributed by atoms with van der Waals surface area (Å²) in [6.45, 7) is 17.9. The Hall–Kier alpha value is -4.12. The number of carbonyl (C=O) groups excluding carboxylic acids is 3. The van der Waals surface area contributed by atoms with Crippen molar-refractivity contribution in [1.82, 2.24) is 14.7 Å². The third-order valence-electron chi connectivity index (χ3n) is 11.3. The maximum atomic E-state index is 15.3. The minimum absolute atomic E-state index is 0.00234. The summed E-state index contributed by atoms with van der Waals surface area (Å²) in [5, 5.41) is 0. The summed E-state index contributed by atoms with van der Waals surface area (Å²) < 4.78 is 22.2. The molecule has 10 nitrogen and oxygen atoms in total. The third kappa shape index (κ3) is 10.8. The summed E-state index contributed by atoms with van der Waals surface area (Å²) in [5.41, 5.74) is 5.41. The topological polar surface area (TPSA) is 97.9 Å². The highest BCUT2D eigenvalue weighted by molar-refractivity contribution is 6.68. The lowest BCUT2D eigenvalue weighted by molar-refractivity contribution is -0.129. The molecule has 2 bridgehead atoms. The van der Waals surface area contributed by atoms with Crippen LogP contribution in [0.4, 0.5) is 9.59 Å². The van der Waals surface area contributed by atoms with Crippen LogP contribution in [0, 0.1) is 27.7 Å². The van der Waals surface area contributed by atoms with Crippen LogP contribution >= 0.6 is 34.8 Å². The zero-order valence-electron chi connectivity index (χ0n) is 36.2. The molecule has 1 saturated heterocycles. The van der Waals surface area contributed by atoms with E-state index in [1.54, 1.807) is 30.6 Å². The number of benzene rings is 3. The number of ether oxygens (including phenoxy) is 4. The Morgan fingerprint density at radius 2 is 1.50 bits per heavy atom. The first-order chi connectivity index (χ1) is 28.1. The number of carbonyl (C=O) groups is 3. The minimum Gasteiger partial charge on any atom is -0.493 e. The second-order valence-electron chi connectivity index (χ2n) is 17.8. The van der Waals surface area contributed by atoms with Crippen LogP contribution in [0.5, 0.6) is 11.5 Å². The SMILES string of the molecule is Cc1cccc(OCCN(C(=O)C2=C(c3ccc(CCOc4cc(C)cc(C)c4C)cc3)CC3CN(C(=O)OC(C)(C)C)CC2N3C(=O)OC(C)(C)C(Cl)(Cl)Cl)C2CC2)c1. The predicted molar refractivity (Wildman–Crippen MR) is 237 cm³/mol. The molecule has 1 aliphatic carbocycles. The molecule has 2 unspecified atom stereocenters. The molecule has 2 aliphatic heterocycles. The van der Waals surface area contributed by atoms with Crippen molar-refractivity contribution >= 4 is 58.5 Å². The Morgan fingerprint density at radius 3 is 2.13 bits per heavy atom. The molecule has 60 heavy (non-hydrogen) atoms. The molecule has 0 aromatic heterocycles. The number of hydrogen-bond donors (Lipinski definition) is 0. The van der Waals surface area contributed by atoms with E-state index in [1.807, 2.05) is 48.2 Å². The van der Waals surface area contributed by atoms with Crippen LogP contribution in [-0.2, 0) is 20.7 Å². The van der Waals surface area contributed by atoms with Gasteiger partial charge in [0.05, 0.1) is 25.2 Å². The first-order valence-electron chi connectivity index (χ1n) is 20.7. The number of fused-ring (bicyclic) bond motifs is 2. The van der Waals surface area contributed by atoms with Gasteiger partial charge in [0, 0.05) is 31.1 Å². The van der Waals surface area contributed by atoms with E-state index in [4.69, 9.17) is 53.8 Å². The molecule has 3 aliphatic rings. The van der Waals surface area contributed by atoms with Crippen molar-refractivity contribution in [2.45, 2.75) is 121 Å². The van der Waals surface area contributed by atoms with Gasteiger partial charge in [-0.25, -0.2) is 9.59 Å². The minimum atomic E-state index is -1.94. The fraction of sp³-hybridized carbons (Fsp3) is 0.511. The molecule has 2 fully saturated rings. The summed E-state index contributed by atoms with van der Waals surface area (Å²) in [5.74, 6) is 1.38. The maximum absolute atomic E-state index is 15.3. The van der Waals surface area contributed by atoms with E-state index in [-0.39, 0.29) is 38.1 Å². The number of rotatable bonds is 12. The average molecular weight is 883 g/mol. The summed E-state index contributed by atoms with van der Waals surface area (Å²) >= 11 is 18.9. The van der Waals surface area contributed by atoms with Crippen LogP contribution in [0.1, 0.15) is 87.3 Å². The van der Waals surface area contributed by atoms with E-state index in [1.165, 1.54) is 19.4 Å². The molecule has 13 heteroatoms. The van der Waals surface area contributed by atoms with Gasteiger partial charge >= 0.3 is 12.2 Å². The Balaban J connectivity index is 1.36. The number of alkyl halides is 3. The van der Waals surface area contributed by atoms with Crippen molar-refractivity contribution in [1.29, 1.82) is 0 Å². The Labute approximate surface area is 370 Å². The highest BCUT2D eigenvalue weighted by Gasteiger charge is 2.53. The van der Waals surface area contributed by atoms with Gasteiger partial charge in [-0.2, -0.15) is 0 Å². The van der Waals surface area contributed by atoms with Crippen LogP contribution in [0.15, 0.2) is 66.2 Å². The van der Waals surface area contributed by atoms with Gasteiger partial charge in [0.1, 0.15) is 23.7 Å². The fourth-order valence-electron chi connectivity index (χ4n) is 7.79. The second-order valence-corrected chi connectivity index (χ2v) is 20.1. The van der Waals surface area contributed by atoms with Crippen molar-refractivity contribution < 1.29 is 33.3 Å². The normalized spacial score (nSPS) is 18.3. The van der Waals surface area contributed by atoms with E-state index in [0.29, 0.717) is 25.1 Å². The molecule has 0 N–H and O–H groups in total. The molecular weight excluding hydrogens is 825 g/mol. The third-order valence-corrected chi connectivity index (χ3v) is 12.7.